The Balaban J connectivity index is 2.41. The lowest BCUT2D eigenvalue weighted by Crippen LogP contribution is -2.40. The van der Waals surface area contributed by atoms with Crippen LogP contribution in [0.1, 0.15) is 27.2 Å². The molecule has 84 valence electrons. The summed E-state index contributed by atoms with van der Waals surface area (Å²) in [6, 6.07) is 0.828. The summed E-state index contributed by atoms with van der Waals surface area (Å²) in [5.74, 6) is 0.668. The van der Waals surface area contributed by atoms with Gasteiger partial charge in [0.2, 0.25) is 0 Å². The first-order valence-electron chi connectivity index (χ1n) is 5.58. The summed E-state index contributed by atoms with van der Waals surface area (Å²) in [5, 5.41) is 0. The zero-order chi connectivity index (χ0) is 10.7. The fourth-order valence-corrected chi connectivity index (χ4v) is 2.11. The average Bonchev–Trinajstić information content (AvgIpc) is 2.64. The Morgan fingerprint density at radius 3 is 2.43 bits per heavy atom. The van der Waals surface area contributed by atoms with Crippen molar-refractivity contribution >= 4 is 0 Å². The highest BCUT2D eigenvalue weighted by Crippen LogP contribution is 2.22. The molecule has 0 aliphatic carbocycles. The topological polar surface area (TPSA) is 38.5 Å². The molecule has 1 heterocycles. The number of hydrogen-bond acceptors (Lipinski definition) is 3. The summed E-state index contributed by atoms with van der Waals surface area (Å²) in [5.41, 5.74) is 5.91. The van der Waals surface area contributed by atoms with Crippen molar-refractivity contribution < 1.29 is 4.74 Å². The molecule has 1 saturated heterocycles. The molecule has 3 nitrogen and oxygen atoms in total. The molecule has 0 aromatic rings. The second-order valence-electron chi connectivity index (χ2n) is 4.58. The number of hydrogen-bond donors (Lipinski definition) is 1. The highest BCUT2D eigenvalue weighted by atomic mass is 16.5. The van der Waals surface area contributed by atoms with Crippen molar-refractivity contribution in [3.05, 3.63) is 0 Å². The van der Waals surface area contributed by atoms with Gasteiger partial charge >= 0.3 is 0 Å². The van der Waals surface area contributed by atoms with Gasteiger partial charge in [-0.2, -0.15) is 0 Å². The molecule has 0 spiro atoms. The van der Waals surface area contributed by atoms with E-state index in [0.29, 0.717) is 24.1 Å². The fraction of sp³-hybridized carbons (Fsp3) is 1.00. The van der Waals surface area contributed by atoms with Gasteiger partial charge in [0.05, 0.1) is 6.10 Å². The third-order valence-corrected chi connectivity index (χ3v) is 3.63. The van der Waals surface area contributed by atoms with Crippen LogP contribution in [0.15, 0.2) is 0 Å². The van der Waals surface area contributed by atoms with Gasteiger partial charge in [-0.1, -0.05) is 0 Å². The molecular formula is C11H24N2O. The van der Waals surface area contributed by atoms with E-state index >= 15 is 0 Å². The maximum absolute atomic E-state index is 5.91. The van der Waals surface area contributed by atoms with Gasteiger partial charge in [-0.3, -0.25) is 4.90 Å². The van der Waals surface area contributed by atoms with Crippen molar-refractivity contribution in [2.24, 2.45) is 11.7 Å². The highest BCUT2D eigenvalue weighted by molar-refractivity contribution is 4.85. The lowest BCUT2D eigenvalue weighted by Gasteiger charge is -2.29. The molecule has 0 aromatic heterocycles. The van der Waals surface area contributed by atoms with E-state index < -0.39 is 0 Å². The van der Waals surface area contributed by atoms with Crippen molar-refractivity contribution in [2.45, 2.75) is 45.4 Å². The van der Waals surface area contributed by atoms with Gasteiger partial charge in [0, 0.05) is 25.7 Å². The Kier molecular flexibility index (Phi) is 4.35. The van der Waals surface area contributed by atoms with Crippen molar-refractivity contribution in [3.63, 3.8) is 0 Å². The first-order valence-corrected chi connectivity index (χ1v) is 5.58. The summed E-state index contributed by atoms with van der Waals surface area (Å²) < 4.78 is 5.35. The monoisotopic (exact) mass is 200 g/mol. The van der Waals surface area contributed by atoms with Crippen LogP contribution in [0.2, 0.25) is 0 Å². The summed E-state index contributed by atoms with van der Waals surface area (Å²) in [6.45, 7) is 8.77. The zero-order valence-corrected chi connectivity index (χ0v) is 9.86. The summed E-state index contributed by atoms with van der Waals surface area (Å²) in [4.78, 5) is 2.49. The molecule has 0 bridgehead atoms. The first-order chi connectivity index (χ1) is 6.56. The minimum absolute atomic E-state index is 0.307. The molecule has 1 rings (SSSR count). The Bertz CT molecular complexity index is 173. The maximum Gasteiger partial charge on any atom is 0.0695 e. The maximum atomic E-state index is 5.91. The second kappa shape index (κ2) is 5.10. The van der Waals surface area contributed by atoms with Gasteiger partial charge < -0.3 is 10.5 Å². The standard InChI is InChI=1S/C11H24N2O/c1-8(12)11-5-6-13(7-11)9(2)10(3)14-4/h8-11H,5-7,12H2,1-4H3. The Hall–Kier alpha value is -0.120. The number of rotatable bonds is 4. The molecule has 0 aromatic carbocycles. The van der Waals surface area contributed by atoms with Gasteiger partial charge in [0.1, 0.15) is 0 Å². The number of nitrogens with zero attached hydrogens (tertiary/aromatic N) is 1. The molecular weight excluding hydrogens is 176 g/mol. The molecule has 14 heavy (non-hydrogen) atoms. The van der Waals surface area contributed by atoms with E-state index in [4.69, 9.17) is 10.5 Å². The number of likely N-dealkylation sites (tertiary alicyclic amines) is 1. The Morgan fingerprint density at radius 2 is 2.00 bits per heavy atom. The molecule has 1 aliphatic heterocycles. The minimum Gasteiger partial charge on any atom is -0.380 e. The van der Waals surface area contributed by atoms with E-state index in [9.17, 15) is 0 Å². The van der Waals surface area contributed by atoms with Crippen LogP contribution in [0.25, 0.3) is 0 Å². The summed E-state index contributed by atoms with van der Waals surface area (Å²) in [6.07, 6.45) is 1.54. The minimum atomic E-state index is 0.307. The predicted molar refractivity (Wildman–Crippen MR) is 59.3 cm³/mol. The largest absolute Gasteiger partial charge is 0.380 e. The Morgan fingerprint density at radius 1 is 1.36 bits per heavy atom. The molecule has 3 heteroatoms. The number of methoxy groups -OCH3 is 1. The normalized spacial score (nSPS) is 30.2. The van der Waals surface area contributed by atoms with Crippen molar-refractivity contribution in [1.29, 1.82) is 0 Å². The average molecular weight is 200 g/mol. The highest BCUT2D eigenvalue weighted by Gasteiger charge is 2.30. The SMILES string of the molecule is COC(C)C(C)N1CCC(C(C)N)C1. The van der Waals surface area contributed by atoms with Gasteiger partial charge in [-0.05, 0) is 39.7 Å². The summed E-state index contributed by atoms with van der Waals surface area (Å²) in [7, 11) is 1.78. The molecule has 1 aliphatic rings. The molecule has 4 unspecified atom stereocenters. The quantitative estimate of drug-likeness (QED) is 0.738. The van der Waals surface area contributed by atoms with Crippen molar-refractivity contribution in [3.8, 4) is 0 Å². The third kappa shape index (κ3) is 2.69. The van der Waals surface area contributed by atoms with Gasteiger partial charge in [0.25, 0.3) is 0 Å². The van der Waals surface area contributed by atoms with Crippen LogP contribution in [-0.2, 0) is 4.74 Å². The molecule has 4 atom stereocenters. The van der Waals surface area contributed by atoms with E-state index in [0.717, 1.165) is 6.54 Å². The van der Waals surface area contributed by atoms with Crippen LogP contribution in [0.4, 0.5) is 0 Å². The Labute approximate surface area is 87.6 Å². The van der Waals surface area contributed by atoms with E-state index in [2.05, 4.69) is 25.7 Å². The predicted octanol–water partition coefficient (Wildman–Crippen LogP) is 1.08. The smallest absolute Gasteiger partial charge is 0.0695 e. The van der Waals surface area contributed by atoms with E-state index in [-0.39, 0.29) is 0 Å². The van der Waals surface area contributed by atoms with Crippen LogP contribution in [0.5, 0.6) is 0 Å². The molecule has 1 fully saturated rings. The van der Waals surface area contributed by atoms with E-state index in [1.54, 1.807) is 7.11 Å². The van der Waals surface area contributed by atoms with Crippen LogP contribution in [-0.4, -0.2) is 43.3 Å². The van der Waals surface area contributed by atoms with Crippen LogP contribution >= 0.6 is 0 Å². The lowest BCUT2D eigenvalue weighted by atomic mass is 10.0. The number of ether oxygens (including phenoxy) is 1. The molecule has 0 amide bonds. The lowest BCUT2D eigenvalue weighted by molar-refractivity contribution is 0.0413. The van der Waals surface area contributed by atoms with Gasteiger partial charge in [0.15, 0.2) is 0 Å². The first kappa shape index (κ1) is 12.0. The fourth-order valence-electron chi connectivity index (χ4n) is 2.11. The van der Waals surface area contributed by atoms with Gasteiger partial charge in [-0.15, -0.1) is 0 Å². The van der Waals surface area contributed by atoms with E-state index in [1.807, 2.05) is 0 Å². The molecule has 0 radical (unpaired) electrons. The van der Waals surface area contributed by atoms with Crippen LogP contribution in [0.3, 0.4) is 0 Å². The van der Waals surface area contributed by atoms with Crippen LogP contribution < -0.4 is 5.73 Å². The third-order valence-electron chi connectivity index (χ3n) is 3.63. The van der Waals surface area contributed by atoms with E-state index in [1.165, 1.54) is 13.0 Å². The van der Waals surface area contributed by atoms with Gasteiger partial charge in [-0.25, -0.2) is 0 Å². The van der Waals surface area contributed by atoms with Crippen LogP contribution in [0, 0.1) is 5.92 Å². The molecule has 0 saturated carbocycles. The van der Waals surface area contributed by atoms with Crippen molar-refractivity contribution in [2.75, 3.05) is 20.2 Å². The molecule has 2 N–H and O–H groups in total. The number of nitrogens with two attached hydrogens (primary N) is 1. The zero-order valence-electron chi connectivity index (χ0n) is 9.86. The summed E-state index contributed by atoms with van der Waals surface area (Å²) >= 11 is 0. The van der Waals surface area contributed by atoms with Crippen molar-refractivity contribution in [1.82, 2.24) is 4.90 Å². The second-order valence-corrected chi connectivity index (χ2v) is 4.58.